The van der Waals surface area contributed by atoms with Crippen molar-refractivity contribution in [3.8, 4) is 5.75 Å². The number of rotatable bonds is 4. The molecule has 0 saturated heterocycles. The van der Waals surface area contributed by atoms with Gasteiger partial charge in [-0.05, 0) is 41.3 Å². The highest BCUT2D eigenvalue weighted by molar-refractivity contribution is 5.95. The van der Waals surface area contributed by atoms with Crippen molar-refractivity contribution in [1.82, 2.24) is 5.32 Å². The van der Waals surface area contributed by atoms with E-state index in [0.29, 0.717) is 11.3 Å². The van der Waals surface area contributed by atoms with E-state index in [0.717, 1.165) is 16.7 Å². The van der Waals surface area contributed by atoms with Crippen molar-refractivity contribution in [1.29, 1.82) is 0 Å². The number of amides is 1. The summed E-state index contributed by atoms with van der Waals surface area (Å²) in [6.45, 7) is 1.80. The van der Waals surface area contributed by atoms with E-state index in [4.69, 9.17) is 9.84 Å². The lowest BCUT2D eigenvalue weighted by Gasteiger charge is -2.11. The van der Waals surface area contributed by atoms with Crippen LogP contribution in [0.15, 0.2) is 54.6 Å². The fraction of sp³-hybridized carbons (Fsp3) is 0.111. The average Bonchev–Trinajstić information content (AvgIpc) is 2.55. The van der Waals surface area contributed by atoms with Gasteiger partial charge in [0.15, 0.2) is 0 Å². The van der Waals surface area contributed by atoms with Gasteiger partial charge in [-0.3, -0.25) is 0 Å². The van der Waals surface area contributed by atoms with Gasteiger partial charge in [0.25, 0.3) is 0 Å². The minimum atomic E-state index is -1.02. The van der Waals surface area contributed by atoms with Crippen LogP contribution in [0.5, 0.6) is 5.75 Å². The fourth-order valence-corrected chi connectivity index (χ4v) is 2.16. The maximum absolute atomic E-state index is 11.3. The summed E-state index contributed by atoms with van der Waals surface area (Å²) in [6, 6.07) is 14.4. The van der Waals surface area contributed by atoms with Gasteiger partial charge >= 0.3 is 12.1 Å². The summed E-state index contributed by atoms with van der Waals surface area (Å²) >= 11 is 0. The summed E-state index contributed by atoms with van der Waals surface area (Å²) in [5.41, 5.74) is 2.86. The SMILES string of the molecule is CNC(=O)Oc1ccc(C(=CC(=O)O)c2ccccc2)cc1C. The smallest absolute Gasteiger partial charge is 0.412 e. The Balaban J connectivity index is 2.43. The van der Waals surface area contributed by atoms with Crippen molar-refractivity contribution < 1.29 is 19.4 Å². The molecule has 0 unspecified atom stereocenters. The summed E-state index contributed by atoms with van der Waals surface area (Å²) in [5, 5.41) is 11.5. The second-order valence-corrected chi connectivity index (χ2v) is 4.88. The predicted octanol–water partition coefficient (Wildman–Crippen LogP) is 3.23. The van der Waals surface area contributed by atoms with Gasteiger partial charge in [-0.25, -0.2) is 9.59 Å². The van der Waals surface area contributed by atoms with Gasteiger partial charge in [0, 0.05) is 13.1 Å². The van der Waals surface area contributed by atoms with Gasteiger partial charge < -0.3 is 15.2 Å². The lowest BCUT2D eigenvalue weighted by atomic mass is 9.96. The number of carboxylic acid groups (broad SMARTS) is 1. The first-order valence-electron chi connectivity index (χ1n) is 7.02. The molecule has 0 aliphatic rings. The van der Waals surface area contributed by atoms with E-state index in [1.165, 1.54) is 13.1 Å². The normalized spacial score (nSPS) is 11.0. The van der Waals surface area contributed by atoms with Crippen LogP contribution >= 0.6 is 0 Å². The van der Waals surface area contributed by atoms with Crippen LogP contribution in [0.25, 0.3) is 5.57 Å². The van der Waals surface area contributed by atoms with Crippen molar-refractivity contribution in [3.05, 3.63) is 71.3 Å². The number of carboxylic acids is 1. The van der Waals surface area contributed by atoms with E-state index in [1.54, 1.807) is 25.1 Å². The third-order valence-electron chi connectivity index (χ3n) is 3.25. The number of hydrogen-bond donors (Lipinski definition) is 2. The highest BCUT2D eigenvalue weighted by atomic mass is 16.6. The zero-order chi connectivity index (χ0) is 16.8. The number of benzene rings is 2. The third-order valence-corrected chi connectivity index (χ3v) is 3.25. The molecule has 0 atom stereocenters. The zero-order valence-electron chi connectivity index (χ0n) is 12.9. The predicted molar refractivity (Wildman–Crippen MR) is 87.4 cm³/mol. The van der Waals surface area contributed by atoms with Crippen LogP contribution in [0, 0.1) is 6.92 Å². The zero-order valence-corrected chi connectivity index (χ0v) is 12.9. The molecule has 5 heteroatoms. The van der Waals surface area contributed by atoms with Crippen LogP contribution in [0.4, 0.5) is 4.79 Å². The molecule has 0 aromatic heterocycles. The summed E-state index contributed by atoms with van der Waals surface area (Å²) in [5.74, 6) is -0.594. The van der Waals surface area contributed by atoms with Gasteiger partial charge in [0.2, 0.25) is 0 Å². The van der Waals surface area contributed by atoms with Gasteiger partial charge in [-0.1, -0.05) is 36.4 Å². The highest BCUT2D eigenvalue weighted by Crippen LogP contribution is 2.28. The molecule has 0 spiro atoms. The van der Waals surface area contributed by atoms with Crippen molar-refractivity contribution >= 4 is 17.6 Å². The van der Waals surface area contributed by atoms with E-state index >= 15 is 0 Å². The monoisotopic (exact) mass is 311 g/mol. The quantitative estimate of drug-likeness (QED) is 0.850. The second-order valence-electron chi connectivity index (χ2n) is 4.88. The third kappa shape index (κ3) is 4.20. The van der Waals surface area contributed by atoms with Crippen LogP contribution in [0.2, 0.25) is 0 Å². The molecule has 5 nitrogen and oxygen atoms in total. The molecule has 0 heterocycles. The first kappa shape index (κ1) is 16.3. The Bertz CT molecular complexity index is 751. The fourth-order valence-electron chi connectivity index (χ4n) is 2.16. The average molecular weight is 311 g/mol. The molecule has 0 bridgehead atoms. The topological polar surface area (TPSA) is 75.6 Å². The number of carbonyl (C=O) groups excluding carboxylic acids is 1. The molecule has 2 N–H and O–H groups in total. The molecule has 1 amide bonds. The lowest BCUT2D eigenvalue weighted by Crippen LogP contribution is -2.22. The van der Waals surface area contributed by atoms with Crippen molar-refractivity contribution in [3.63, 3.8) is 0 Å². The molecular weight excluding hydrogens is 294 g/mol. The number of aliphatic carboxylic acids is 1. The maximum atomic E-state index is 11.3. The molecule has 0 saturated carbocycles. The Kier molecular flexibility index (Phi) is 5.15. The molecule has 0 radical (unpaired) electrons. The van der Waals surface area contributed by atoms with E-state index in [9.17, 15) is 9.59 Å². The van der Waals surface area contributed by atoms with Gasteiger partial charge in [0.05, 0.1) is 0 Å². The second kappa shape index (κ2) is 7.26. The molecule has 0 fully saturated rings. The maximum Gasteiger partial charge on any atom is 0.412 e. The first-order valence-corrected chi connectivity index (χ1v) is 7.02. The summed E-state index contributed by atoms with van der Waals surface area (Å²) in [7, 11) is 1.48. The van der Waals surface area contributed by atoms with E-state index in [1.807, 2.05) is 30.3 Å². The Morgan fingerprint density at radius 1 is 1.09 bits per heavy atom. The molecule has 2 aromatic carbocycles. The molecule has 0 aliphatic carbocycles. The highest BCUT2D eigenvalue weighted by Gasteiger charge is 2.11. The molecule has 2 rings (SSSR count). The number of aryl methyl sites for hydroxylation is 1. The Labute approximate surface area is 134 Å². The molecular formula is C18H17NO4. The van der Waals surface area contributed by atoms with Crippen molar-refractivity contribution in [2.24, 2.45) is 0 Å². The van der Waals surface area contributed by atoms with E-state index in [2.05, 4.69) is 5.32 Å². The molecule has 0 aliphatic heterocycles. The van der Waals surface area contributed by atoms with Crippen LogP contribution in [0.3, 0.4) is 0 Å². The largest absolute Gasteiger partial charge is 0.478 e. The minimum Gasteiger partial charge on any atom is -0.478 e. The van der Waals surface area contributed by atoms with Gasteiger partial charge in [-0.15, -0.1) is 0 Å². The summed E-state index contributed by atoms with van der Waals surface area (Å²) in [4.78, 5) is 22.4. The first-order chi connectivity index (χ1) is 11.0. The van der Waals surface area contributed by atoms with Crippen LogP contribution in [-0.4, -0.2) is 24.2 Å². The number of ether oxygens (including phenoxy) is 1. The minimum absolute atomic E-state index is 0.427. The van der Waals surface area contributed by atoms with Crippen LogP contribution in [-0.2, 0) is 4.79 Å². The van der Waals surface area contributed by atoms with Crippen molar-refractivity contribution in [2.45, 2.75) is 6.92 Å². The van der Waals surface area contributed by atoms with E-state index in [-0.39, 0.29) is 0 Å². The molecule has 118 valence electrons. The number of carbonyl (C=O) groups is 2. The Morgan fingerprint density at radius 3 is 2.35 bits per heavy atom. The summed E-state index contributed by atoms with van der Waals surface area (Å²) in [6.07, 6.45) is 0.619. The van der Waals surface area contributed by atoms with Crippen LogP contribution in [0.1, 0.15) is 16.7 Å². The van der Waals surface area contributed by atoms with Crippen molar-refractivity contribution in [2.75, 3.05) is 7.05 Å². The standard InChI is InChI=1S/C18H17NO4/c1-12-10-14(8-9-16(12)23-18(22)19-2)15(11-17(20)21)13-6-4-3-5-7-13/h3-11H,1-2H3,(H,19,22)(H,20,21). The van der Waals surface area contributed by atoms with Crippen LogP contribution < -0.4 is 10.1 Å². The Hall–Kier alpha value is -3.08. The van der Waals surface area contributed by atoms with E-state index < -0.39 is 12.1 Å². The number of hydrogen-bond acceptors (Lipinski definition) is 3. The molecule has 2 aromatic rings. The summed E-state index contributed by atoms with van der Waals surface area (Å²) < 4.78 is 5.13. The lowest BCUT2D eigenvalue weighted by molar-refractivity contribution is -0.131. The van der Waals surface area contributed by atoms with Gasteiger partial charge in [-0.2, -0.15) is 0 Å². The Morgan fingerprint density at radius 2 is 1.78 bits per heavy atom. The number of nitrogens with one attached hydrogen (secondary N) is 1. The van der Waals surface area contributed by atoms with Gasteiger partial charge in [0.1, 0.15) is 5.75 Å². The molecule has 23 heavy (non-hydrogen) atoms.